The molecule has 0 aromatic heterocycles. The molecule has 0 saturated heterocycles. The molecule has 0 unspecified atom stereocenters. The van der Waals surface area contributed by atoms with Crippen LogP contribution in [-0.2, 0) is 0 Å². The van der Waals surface area contributed by atoms with E-state index in [0.29, 0.717) is 0 Å². The van der Waals surface area contributed by atoms with E-state index in [2.05, 4.69) is 0 Å². The highest BCUT2D eigenvalue weighted by atomic mass is 16.4. The van der Waals surface area contributed by atoms with E-state index in [0.717, 1.165) is 0 Å². The summed E-state index contributed by atoms with van der Waals surface area (Å²) in [6, 6.07) is 0. The lowest BCUT2D eigenvalue weighted by molar-refractivity contribution is -0.0123. The van der Waals surface area contributed by atoms with Gasteiger partial charge in [-0.2, -0.15) is 0 Å². The van der Waals surface area contributed by atoms with E-state index in [1.54, 1.807) is 0 Å². The van der Waals surface area contributed by atoms with Gasteiger partial charge in [-0.3, -0.25) is 0 Å². The summed E-state index contributed by atoms with van der Waals surface area (Å²) in [5, 5.41) is 35.7. The second-order valence-electron chi connectivity index (χ2n) is 2.00. The van der Waals surface area contributed by atoms with Crippen molar-refractivity contribution in [1.29, 1.82) is 0 Å². The highest BCUT2D eigenvalue weighted by Crippen LogP contribution is 1.89. The van der Waals surface area contributed by atoms with Crippen LogP contribution in [0, 0.1) is 0 Å². The summed E-state index contributed by atoms with van der Waals surface area (Å²) < 4.78 is 0. The molecule has 0 aliphatic carbocycles. The fourth-order valence-electron chi connectivity index (χ4n) is 0.450. The third-order valence-electron chi connectivity index (χ3n) is 1.09. The van der Waals surface area contributed by atoms with Gasteiger partial charge in [0.2, 0.25) is 0 Å². The van der Waals surface area contributed by atoms with Gasteiger partial charge in [-0.15, -0.1) is 0 Å². The Morgan fingerprint density at radius 3 is 2.27 bits per heavy atom. The second kappa shape index (κ2) is 4.89. The number of amides is 1. The van der Waals surface area contributed by atoms with Crippen LogP contribution in [0.3, 0.4) is 0 Å². The van der Waals surface area contributed by atoms with Crippen LogP contribution in [0.2, 0.25) is 0 Å². The molecule has 0 aromatic carbocycles. The lowest BCUT2D eigenvalue weighted by atomic mass is 10.2. The highest BCUT2D eigenvalue weighted by molar-refractivity contribution is 5.64. The predicted molar refractivity (Wildman–Crippen MR) is 35.1 cm³/mol. The number of aliphatic hydroxyl groups is 3. The largest absolute Gasteiger partial charge is 0.465 e. The molecular formula is C5H11NO5. The van der Waals surface area contributed by atoms with Gasteiger partial charge < -0.3 is 25.7 Å². The standard InChI is InChI=1S/C5H11NO5/c7-2-4(9)3(8)1-6-5(10)11/h3-4,6-9H,1-2H2,(H,10,11)/t3-,4+/m1/s1. The topological polar surface area (TPSA) is 110 Å². The van der Waals surface area contributed by atoms with Crippen LogP contribution in [0.5, 0.6) is 0 Å². The van der Waals surface area contributed by atoms with E-state index in [1.165, 1.54) is 0 Å². The molecule has 0 fully saturated rings. The van der Waals surface area contributed by atoms with Gasteiger partial charge in [-0.25, -0.2) is 4.79 Å². The SMILES string of the molecule is O=C(O)NC[C@@H](O)[C@@H](O)CO. The molecule has 0 aromatic rings. The molecule has 0 rings (SSSR count). The Bertz CT molecular complexity index is 128. The van der Waals surface area contributed by atoms with Crippen molar-refractivity contribution in [3.05, 3.63) is 0 Å². The lowest BCUT2D eigenvalue weighted by Gasteiger charge is -2.14. The van der Waals surface area contributed by atoms with Crippen molar-refractivity contribution in [3.63, 3.8) is 0 Å². The molecule has 0 spiro atoms. The lowest BCUT2D eigenvalue weighted by Crippen LogP contribution is -2.39. The number of nitrogens with one attached hydrogen (secondary N) is 1. The van der Waals surface area contributed by atoms with Crippen molar-refractivity contribution in [3.8, 4) is 0 Å². The first-order chi connectivity index (χ1) is 5.07. The molecule has 5 N–H and O–H groups in total. The molecule has 6 nitrogen and oxygen atoms in total. The number of carbonyl (C=O) groups is 1. The van der Waals surface area contributed by atoms with Gasteiger partial charge in [0, 0.05) is 6.54 Å². The quantitative estimate of drug-likeness (QED) is 0.330. The minimum absolute atomic E-state index is 0.295. The number of aliphatic hydroxyl groups excluding tert-OH is 3. The van der Waals surface area contributed by atoms with Gasteiger partial charge in [0.05, 0.1) is 12.7 Å². The normalized spacial score (nSPS) is 15.5. The minimum Gasteiger partial charge on any atom is -0.465 e. The molecule has 2 atom stereocenters. The molecule has 0 heterocycles. The second-order valence-corrected chi connectivity index (χ2v) is 2.00. The fourth-order valence-corrected chi connectivity index (χ4v) is 0.450. The number of carboxylic acid groups (broad SMARTS) is 1. The van der Waals surface area contributed by atoms with E-state index in [-0.39, 0.29) is 6.54 Å². The van der Waals surface area contributed by atoms with Crippen LogP contribution in [0.4, 0.5) is 4.79 Å². The molecule has 11 heavy (non-hydrogen) atoms. The first-order valence-corrected chi connectivity index (χ1v) is 3.01. The molecule has 0 bridgehead atoms. The Balaban J connectivity index is 3.51. The van der Waals surface area contributed by atoms with E-state index in [9.17, 15) is 4.79 Å². The maximum absolute atomic E-state index is 9.85. The van der Waals surface area contributed by atoms with Crippen molar-refractivity contribution in [2.75, 3.05) is 13.2 Å². The van der Waals surface area contributed by atoms with E-state index in [4.69, 9.17) is 20.4 Å². The Kier molecular flexibility index (Phi) is 4.51. The average Bonchev–Trinajstić information content (AvgIpc) is 1.98. The zero-order chi connectivity index (χ0) is 8.85. The predicted octanol–water partition coefficient (Wildman–Crippen LogP) is -2.03. The van der Waals surface area contributed by atoms with Gasteiger partial charge in [-0.1, -0.05) is 0 Å². The van der Waals surface area contributed by atoms with Crippen LogP contribution >= 0.6 is 0 Å². The molecule has 0 saturated carbocycles. The van der Waals surface area contributed by atoms with E-state index in [1.807, 2.05) is 5.32 Å². The summed E-state index contributed by atoms with van der Waals surface area (Å²) in [4.78, 5) is 9.85. The highest BCUT2D eigenvalue weighted by Gasteiger charge is 2.15. The van der Waals surface area contributed by atoms with Gasteiger partial charge in [0.1, 0.15) is 6.10 Å². The summed E-state index contributed by atoms with van der Waals surface area (Å²) in [6.07, 6.45) is -3.85. The Hall–Kier alpha value is -0.850. The molecule has 0 radical (unpaired) electrons. The summed E-state index contributed by atoms with van der Waals surface area (Å²) in [5.74, 6) is 0. The minimum atomic E-state index is -1.30. The maximum atomic E-state index is 9.85. The molecular weight excluding hydrogens is 154 g/mol. The summed E-state index contributed by atoms with van der Waals surface area (Å²) in [6.45, 7) is -0.889. The third-order valence-corrected chi connectivity index (χ3v) is 1.09. The Labute approximate surface area is 63.1 Å². The summed E-state index contributed by atoms with van der Waals surface area (Å²) in [5.41, 5.74) is 0. The van der Waals surface area contributed by atoms with Crippen molar-refractivity contribution in [2.45, 2.75) is 12.2 Å². The van der Waals surface area contributed by atoms with Gasteiger partial charge >= 0.3 is 6.09 Å². The van der Waals surface area contributed by atoms with Gasteiger partial charge in [0.15, 0.2) is 0 Å². The monoisotopic (exact) mass is 165 g/mol. The van der Waals surface area contributed by atoms with Gasteiger partial charge in [-0.05, 0) is 0 Å². The van der Waals surface area contributed by atoms with Crippen LogP contribution in [-0.4, -0.2) is 51.9 Å². The zero-order valence-corrected chi connectivity index (χ0v) is 5.77. The number of rotatable bonds is 4. The summed E-state index contributed by atoms with van der Waals surface area (Å²) >= 11 is 0. The first kappa shape index (κ1) is 10.2. The van der Waals surface area contributed by atoms with Crippen LogP contribution in [0.15, 0.2) is 0 Å². The smallest absolute Gasteiger partial charge is 0.404 e. The number of hydrogen-bond acceptors (Lipinski definition) is 4. The van der Waals surface area contributed by atoms with Crippen LogP contribution in [0.25, 0.3) is 0 Å². The average molecular weight is 165 g/mol. The molecule has 0 aliphatic heterocycles. The van der Waals surface area contributed by atoms with Gasteiger partial charge in [0.25, 0.3) is 0 Å². The number of hydrogen-bond donors (Lipinski definition) is 5. The maximum Gasteiger partial charge on any atom is 0.404 e. The molecule has 66 valence electrons. The molecule has 6 heteroatoms. The summed E-state index contributed by atoms with van der Waals surface area (Å²) in [7, 11) is 0. The first-order valence-electron chi connectivity index (χ1n) is 3.01. The van der Waals surface area contributed by atoms with E-state index >= 15 is 0 Å². The van der Waals surface area contributed by atoms with Crippen LogP contribution in [0.1, 0.15) is 0 Å². The molecule has 1 amide bonds. The van der Waals surface area contributed by atoms with Crippen LogP contribution < -0.4 is 5.32 Å². The third kappa shape index (κ3) is 4.54. The Morgan fingerprint density at radius 2 is 1.91 bits per heavy atom. The van der Waals surface area contributed by atoms with Crippen molar-refractivity contribution in [2.24, 2.45) is 0 Å². The van der Waals surface area contributed by atoms with Crippen molar-refractivity contribution >= 4 is 6.09 Å². The Morgan fingerprint density at radius 1 is 1.36 bits per heavy atom. The van der Waals surface area contributed by atoms with Crippen molar-refractivity contribution < 1.29 is 25.2 Å². The van der Waals surface area contributed by atoms with Crippen molar-refractivity contribution in [1.82, 2.24) is 5.32 Å². The fraction of sp³-hybridized carbons (Fsp3) is 0.800. The molecule has 0 aliphatic rings. The zero-order valence-electron chi connectivity index (χ0n) is 5.77. The van der Waals surface area contributed by atoms with E-state index < -0.39 is 24.9 Å².